The van der Waals surface area contributed by atoms with Crippen molar-refractivity contribution >= 4 is 27.8 Å². The predicted octanol–water partition coefficient (Wildman–Crippen LogP) is 5.60. The number of halogens is 1. The van der Waals surface area contributed by atoms with Gasteiger partial charge in [0.15, 0.2) is 0 Å². The average Bonchev–Trinajstić information content (AvgIpc) is 3.03. The predicted molar refractivity (Wildman–Crippen MR) is 112 cm³/mol. The lowest BCUT2D eigenvalue weighted by atomic mass is 9.99. The Kier molecular flexibility index (Phi) is 4.74. The van der Waals surface area contributed by atoms with Crippen molar-refractivity contribution in [2.45, 2.75) is 26.3 Å². The number of nitrogens with zero attached hydrogens (tertiary/aromatic N) is 1. The third kappa shape index (κ3) is 3.12. The molecule has 0 saturated carbocycles. The highest BCUT2D eigenvalue weighted by atomic mass is 19.1. The first-order chi connectivity index (χ1) is 13.9. The van der Waals surface area contributed by atoms with E-state index in [-0.39, 0.29) is 24.0 Å². The maximum Gasteiger partial charge on any atom is 0.338 e. The molecule has 0 spiro atoms. The van der Waals surface area contributed by atoms with Crippen LogP contribution in [0.4, 0.5) is 4.39 Å². The van der Waals surface area contributed by atoms with E-state index in [0.717, 1.165) is 16.6 Å². The van der Waals surface area contributed by atoms with Gasteiger partial charge in [0.2, 0.25) is 0 Å². The molecule has 1 heterocycles. The molecule has 4 rings (SSSR count). The second kappa shape index (κ2) is 7.24. The third-order valence-corrected chi connectivity index (χ3v) is 5.35. The second-order valence-electron chi connectivity index (χ2n) is 7.46. The number of rotatable bonds is 4. The van der Waals surface area contributed by atoms with Gasteiger partial charge in [0.1, 0.15) is 11.6 Å². The number of methoxy groups -OCH3 is 1. The molecule has 5 heteroatoms. The molecule has 0 aliphatic heterocycles. The Balaban J connectivity index is 2.11. The summed E-state index contributed by atoms with van der Waals surface area (Å²) in [6.07, 6.45) is 0. The summed E-state index contributed by atoms with van der Waals surface area (Å²) in [5.74, 6) is -0.478. The van der Waals surface area contributed by atoms with Gasteiger partial charge in [-0.3, -0.25) is 0 Å². The molecule has 0 radical (unpaired) electrons. The van der Waals surface area contributed by atoms with Crippen molar-refractivity contribution in [3.05, 3.63) is 77.1 Å². The van der Waals surface area contributed by atoms with Crippen LogP contribution in [0.2, 0.25) is 0 Å². The van der Waals surface area contributed by atoms with Crippen LogP contribution in [0.15, 0.2) is 54.6 Å². The summed E-state index contributed by atoms with van der Waals surface area (Å²) in [7, 11) is 1.33. The van der Waals surface area contributed by atoms with Crippen molar-refractivity contribution in [3.63, 3.8) is 0 Å². The zero-order valence-corrected chi connectivity index (χ0v) is 16.6. The maximum absolute atomic E-state index is 14.4. The van der Waals surface area contributed by atoms with E-state index in [1.165, 1.54) is 13.2 Å². The number of phenols is 1. The number of fused-ring (bicyclic) bond motifs is 3. The first kappa shape index (κ1) is 19.0. The largest absolute Gasteiger partial charge is 0.507 e. The third-order valence-electron chi connectivity index (χ3n) is 5.35. The Labute approximate surface area is 168 Å². The van der Waals surface area contributed by atoms with Gasteiger partial charge in [-0.25, -0.2) is 9.18 Å². The van der Waals surface area contributed by atoms with Crippen molar-refractivity contribution in [1.82, 2.24) is 4.57 Å². The fraction of sp³-hybridized carbons (Fsp3) is 0.208. The van der Waals surface area contributed by atoms with E-state index < -0.39 is 5.97 Å². The molecule has 1 aromatic heterocycles. The molecule has 0 atom stereocenters. The molecular formula is C24H22FNO3. The SMILES string of the molecule is COC(=O)c1cccc2c1c1c(O)cc(C(C)C)cc1n2Cc1ccccc1F. The topological polar surface area (TPSA) is 51.5 Å². The minimum atomic E-state index is -0.479. The van der Waals surface area contributed by atoms with Gasteiger partial charge in [0.25, 0.3) is 0 Å². The van der Waals surface area contributed by atoms with Crippen molar-refractivity contribution in [1.29, 1.82) is 0 Å². The summed E-state index contributed by atoms with van der Waals surface area (Å²) in [4.78, 5) is 12.4. The fourth-order valence-corrected chi connectivity index (χ4v) is 3.84. The minimum Gasteiger partial charge on any atom is -0.507 e. The number of phenolic OH excluding ortho intramolecular Hbond substituents is 1. The van der Waals surface area contributed by atoms with Crippen LogP contribution < -0.4 is 0 Å². The monoisotopic (exact) mass is 391 g/mol. The van der Waals surface area contributed by atoms with E-state index in [1.807, 2.05) is 30.5 Å². The van der Waals surface area contributed by atoms with Crippen molar-refractivity contribution in [2.75, 3.05) is 7.11 Å². The van der Waals surface area contributed by atoms with E-state index in [4.69, 9.17) is 4.74 Å². The fourth-order valence-electron chi connectivity index (χ4n) is 3.84. The Bertz CT molecular complexity index is 1240. The summed E-state index contributed by atoms with van der Waals surface area (Å²) in [5.41, 5.74) is 3.36. The molecule has 0 bridgehead atoms. The van der Waals surface area contributed by atoms with Gasteiger partial charge in [-0.15, -0.1) is 0 Å². The smallest absolute Gasteiger partial charge is 0.338 e. The number of carbonyl (C=O) groups is 1. The highest BCUT2D eigenvalue weighted by Crippen LogP contribution is 2.40. The average molecular weight is 391 g/mol. The minimum absolute atomic E-state index is 0.0971. The number of aromatic hydroxyl groups is 1. The van der Waals surface area contributed by atoms with Crippen LogP contribution in [0.5, 0.6) is 5.75 Å². The molecule has 0 unspecified atom stereocenters. The van der Waals surface area contributed by atoms with Crippen LogP contribution in [-0.4, -0.2) is 22.8 Å². The van der Waals surface area contributed by atoms with Gasteiger partial charge >= 0.3 is 5.97 Å². The van der Waals surface area contributed by atoms with Gasteiger partial charge in [-0.05, 0) is 41.8 Å². The number of carbonyl (C=O) groups excluding carboxylic acids is 1. The molecule has 148 valence electrons. The number of aromatic nitrogens is 1. The standard InChI is InChI=1S/C24H22FNO3/c1-14(2)16-11-20-23(21(27)12-16)22-17(24(28)29-3)8-6-10-19(22)26(20)13-15-7-4-5-9-18(15)25/h4-12,14,27H,13H2,1-3H3. The molecule has 0 aliphatic carbocycles. The van der Waals surface area contributed by atoms with Crippen molar-refractivity contribution < 1.29 is 19.0 Å². The summed E-state index contributed by atoms with van der Waals surface area (Å²) in [6.45, 7) is 4.37. The molecule has 4 nitrogen and oxygen atoms in total. The first-order valence-electron chi connectivity index (χ1n) is 9.52. The molecule has 0 saturated heterocycles. The normalized spacial score (nSPS) is 11.5. The summed E-state index contributed by atoms with van der Waals surface area (Å²) in [6, 6.07) is 15.7. The zero-order chi connectivity index (χ0) is 20.7. The summed E-state index contributed by atoms with van der Waals surface area (Å²) in [5, 5.41) is 12.1. The molecule has 29 heavy (non-hydrogen) atoms. The molecule has 0 amide bonds. The number of hydrogen-bond donors (Lipinski definition) is 1. The molecule has 4 aromatic rings. The number of esters is 1. The van der Waals surface area contributed by atoms with Crippen molar-refractivity contribution in [3.8, 4) is 5.75 Å². The van der Waals surface area contributed by atoms with Crippen LogP contribution in [0.3, 0.4) is 0 Å². The Morgan fingerprint density at radius 3 is 2.52 bits per heavy atom. The molecular weight excluding hydrogens is 369 g/mol. The van der Waals surface area contributed by atoms with E-state index in [9.17, 15) is 14.3 Å². The molecule has 1 N–H and O–H groups in total. The van der Waals surface area contributed by atoms with E-state index >= 15 is 0 Å². The van der Waals surface area contributed by atoms with Gasteiger partial charge in [0, 0.05) is 10.9 Å². The van der Waals surface area contributed by atoms with Crippen LogP contribution in [0, 0.1) is 5.82 Å². The van der Waals surface area contributed by atoms with Gasteiger partial charge in [-0.2, -0.15) is 0 Å². The lowest BCUT2D eigenvalue weighted by Crippen LogP contribution is -2.03. The van der Waals surface area contributed by atoms with Crippen LogP contribution in [0.1, 0.15) is 41.3 Å². The highest BCUT2D eigenvalue weighted by Gasteiger charge is 2.22. The Morgan fingerprint density at radius 2 is 1.83 bits per heavy atom. The first-order valence-corrected chi connectivity index (χ1v) is 9.52. The van der Waals surface area contributed by atoms with Gasteiger partial charge < -0.3 is 14.4 Å². The Hall–Kier alpha value is -3.34. The lowest BCUT2D eigenvalue weighted by molar-refractivity contribution is 0.0603. The van der Waals surface area contributed by atoms with Crippen LogP contribution in [-0.2, 0) is 11.3 Å². The number of benzene rings is 3. The second-order valence-corrected chi connectivity index (χ2v) is 7.46. The quantitative estimate of drug-likeness (QED) is 0.461. The highest BCUT2D eigenvalue weighted by molar-refractivity contribution is 6.19. The van der Waals surface area contributed by atoms with Gasteiger partial charge in [-0.1, -0.05) is 38.1 Å². The van der Waals surface area contributed by atoms with E-state index in [1.54, 1.807) is 36.4 Å². The van der Waals surface area contributed by atoms with Crippen molar-refractivity contribution in [2.24, 2.45) is 0 Å². The molecule has 0 fully saturated rings. The maximum atomic E-state index is 14.4. The Morgan fingerprint density at radius 1 is 1.07 bits per heavy atom. The summed E-state index contributed by atoms with van der Waals surface area (Å²) < 4.78 is 21.3. The van der Waals surface area contributed by atoms with Gasteiger partial charge in [0.05, 0.1) is 35.6 Å². The van der Waals surface area contributed by atoms with Crippen LogP contribution in [0.25, 0.3) is 21.8 Å². The van der Waals surface area contributed by atoms with E-state index in [2.05, 4.69) is 0 Å². The lowest BCUT2D eigenvalue weighted by Gasteiger charge is -2.11. The molecule has 0 aliphatic rings. The zero-order valence-electron chi connectivity index (χ0n) is 16.6. The molecule has 3 aromatic carbocycles. The number of ether oxygens (including phenoxy) is 1. The van der Waals surface area contributed by atoms with Crippen LogP contribution >= 0.6 is 0 Å². The number of hydrogen-bond acceptors (Lipinski definition) is 3. The van der Waals surface area contributed by atoms with E-state index in [0.29, 0.717) is 21.9 Å². The summed E-state index contributed by atoms with van der Waals surface area (Å²) >= 11 is 0.